The fourth-order valence-corrected chi connectivity index (χ4v) is 2.29. The minimum atomic E-state index is -0.391. The van der Waals surface area contributed by atoms with Gasteiger partial charge in [-0.05, 0) is 51.7 Å². The second kappa shape index (κ2) is 5.14. The normalized spacial score (nSPS) is 19.7. The van der Waals surface area contributed by atoms with Gasteiger partial charge < -0.3 is 14.2 Å². The van der Waals surface area contributed by atoms with E-state index < -0.39 is 7.12 Å². The molecule has 1 fully saturated rings. The monoisotopic (exact) mass is 289 g/mol. The average Bonchev–Trinajstić information content (AvgIpc) is 2.57. The Hall–Kier alpha value is -1.33. The van der Waals surface area contributed by atoms with Crippen molar-refractivity contribution in [2.24, 2.45) is 0 Å². The predicted molar refractivity (Wildman–Crippen MR) is 84.9 cm³/mol. The van der Waals surface area contributed by atoms with E-state index in [-0.39, 0.29) is 17.1 Å². The van der Waals surface area contributed by atoms with E-state index in [4.69, 9.17) is 9.31 Å². The van der Waals surface area contributed by atoms with Crippen LogP contribution in [0.1, 0.15) is 43.6 Å². The van der Waals surface area contributed by atoms with Gasteiger partial charge in [0, 0.05) is 19.7 Å². The molecule has 2 rings (SSSR count). The fourth-order valence-electron chi connectivity index (χ4n) is 2.29. The molecule has 1 aliphatic rings. The standard InChI is InChI=1S/C16H24BNO3/c1-11-10-12(8-9-13(11)14(19)18(6)7)17-20-15(2,3)16(4,5)21-17/h8-10H,1-7H3. The summed E-state index contributed by atoms with van der Waals surface area (Å²) in [5.74, 6) is 0.00738. The van der Waals surface area contributed by atoms with Crippen LogP contribution in [0.5, 0.6) is 0 Å². The lowest BCUT2D eigenvalue weighted by molar-refractivity contribution is 0.00578. The maximum atomic E-state index is 12.1. The van der Waals surface area contributed by atoms with Crippen molar-refractivity contribution in [3.05, 3.63) is 29.3 Å². The summed E-state index contributed by atoms with van der Waals surface area (Å²) in [6, 6.07) is 5.72. The van der Waals surface area contributed by atoms with Crippen molar-refractivity contribution in [2.75, 3.05) is 14.1 Å². The minimum absolute atomic E-state index is 0.00738. The first-order valence-electron chi connectivity index (χ1n) is 7.23. The number of rotatable bonds is 2. The summed E-state index contributed by atoms with van der Waals surface area (Å²) < 4.78 is 12.1. The van der Waals surface area contributed by atoms with Crippen LogP contribution in [-0.4, -0.2) is 43.2 Å². The first-order chi connectivity index (χ1) is 9.55. The molecule has 1 saturated heterocycles. The molecule has 5 heteroatoms. The third-order valence-electron chi connectivity index (χ3n) is 4.41. The summed E-state index contributed by atoms with van der Waals surface area (Å²) in [5, 5.41) is 0. The Bertz CT molecular complexity index is 551. The lowest BCUT2D eigenvalue weighted by Gasteiger charge is -2.32. The molecule has 1 amide bonds. The van der Waals surface area contributed by atoms with Crippen LogP contribution in [0.3, 0.4) is 0 Å². The van der Waals surface area contributed by atoms with E-state index in [9.17, 15) is 4.79 Å². The van der Waals surface area contributed by atoms with Crippen LogP contribution in [0.15, 0.2) is 18.2 Å². The zero-order valence-corrected chi connectivity index (χ0v) is 14.0. The van der Waals surface area contributed by atoms with E-state index in [1.54, 1.807) is 19.0 Å². The van der Waals surface area contributed by atoms with E-state index in [2.05, 4.69) is 0 Å². The highest BCUT2D eigenvalue weighted by molar-refractivity contribution is 6.62. The summed E-state index contributed by atoms with van der Waals surface area (Å²) in [4.78, 5) is 13.6. The Morgan fingerprint density at radius 2 is 1.62 bits per heavy atom. The Morgan fingerprint density at radius 3 is 2.05 bits per heavy atom. The van der Waals surface area contributed by atoms with Gasteiger partial charge in [-0.25, -0.2) is 0 Å². The van der Waals surface area contributed by atoms with Crippen molar-refractivity contribution in [1.82, 2.24) is 4.90 Å². The van der Waals surface area contributed by atoms with Crippen LogP contribution in [0.2, 0.25) is 0 Å². The molecule has 0 radical (unpaired) electrons. The van der Waals surface area contributed by atoms with Gasteiger partial charge in [0.1, 0.15) is 0 Å². The van der Waals surface area contributed by atoms with Crippen LogP contribution in [0.4, 0.5) is 0 Å². The molecule has 0 bridgehead atoms. The molecule has 0 unspecified atom stereocenters. The Morgan fingerprint density at radius 1 is 1.10 bits per heavy atom. The van der Waals surface area contributed by atoms with Gasteiger partial charge in [-0.2, -0.15) is 0 Å². The van der Waals surface area contributed by atoms with Crippen molar-refractivity contribution in [3.8, 4) is 0 Å². The average molecular weight is 289 g/mol. The number of carbonyl (C=O) groups excluding carboxylic acids is 1. The molecule has 0 aliphatic carbocycles. The maximum Gasteiger partial charge on any atom is 0.494 e. The van der Waals surface area contributed by atoms with Crippen molar-refractivity contribution >= 4 is 18.5 Å². The Labute approximate surface area is 127 Å². The van der Waals surface area contributed by atoms with Gasteiger partial charge in [0.2, 0.25) is 0 Å². The summed E-state index contributed by atoms with van der Waals surface area (Å²) in [6.07, 6.45) is 0. The Kier molecular flexibility index (Phi) is 3.93. The van der Waals surface area contributed by atoms with Crippen molar-refractivity contribution in [3.63, 3.8) is 0 Å². The lowest BCUT2D eigenvalue weighted by Crippen LogP contribution is -2.41. The smallest absolute Gasteiger partial charge is 0.399 e. The van der Waals surface area contributed by atoms with Crippen LogP contribution in [0.25, 0.3) is 0 Å². The van der Waals surface area contributed by atoms with Crippen molar-refractivity contribution in [2.45, 2.75) is 45.8 Å². The number of hydrogen-bond donors (Lipinski definition) is 0. The van der Waals surface area contributed by atoms with Crippen molar-refractivity contribution in [1.29, 1.82) is 0 Å². The molecule has 4 nitrogen and oxygen atoms in total. The largest absolute Gasteiger partial charge is 0.494 e. The first kappa shape index (κ1) is 16.1. The molecule has 0 saturated carbocycles. The van der Waals surface area contributed by atoms with Crippen LogP contribution >= 0.6 is 0 Å². The van der Waals surface area contributed by atoms with Gasteiger partial charge in [0.15, 0.2) is 0 Å². The number of benzene rings is 1. The van der Waals surface area contributed by atoms with E-state index in [1.807, 2.05) is 52.8 Å². The van der Waals surface area contributed by atoms with Gasteiger partial charge in [-0.3, -0.25) is 4.79 Å². The second-order valence-corrected chi connectivity index (χ2v) is 6.86. The lowest BCUT2D eigenvalue weighted by atomic mass is 9.78. The van der Waals surface area contributed by atoms with Crippen molar-refractivity contribution < 1.29 is 14.1 Å². The molecule has 0 N–H and O–H groups in total. The highest BCUT2D eigenvalue weighted by Gasteiger charge is 2.51. The van der Waals surface area contributed by atoms with E-state index in [0.717, 1.165) is 11.0 Å². The molecule has 1 aliphatic heterocycles. The molecule has 21 heavy (non-hydrogen) atoms. The molecule has 0 atom stereocenters. The zero-order chi connectivity index (χ0) is 16.0. The highest BCUT2D eigenvalue weighted by Crippen LogP contribution is 2.36. The number of aryl methyl sites for hydroxylation is 1. The van der Waals surface area contributed by atoms with Gasteiger partial charge in [-0.1, -0.05) is 12.1 Å². The third kappa shape index (κ3) is 2.85. The molecule has 1 aromatic rings. The van der Waals surface area contributed by atoms with Gasteiger partial charge in [0.25, 0.3) is 5.91 Å². The number of amides is 1. The van der Waals surface area contributed by atoms with Crippen LogP contribution < -0.4 is 5.46 Å². The summed E-state index contributed by atoms with van der Waals surface area (Å²) in [5.41, 5.74) is 1.87. The van der Waals surface area contributed by atoms with Gasteiger partial charge >= 0.3 is 7.12 Å². The number of hydrogen-bond acceptors (Lipinski definition) is 3. The second-order valence-electron chi connectivity index (χ2n) is 6.86. The van der Waals surface area contributed by atoms with E-state index in [1.165, 1.54) is 0 Å². The molecule has 1 aromatic carbocycles. The molecular weight excluding hydrogens is 265 g/mol. The number of nitrogens with zero attached hydrogens (tertiary/aromatic N) is 1. The molecular formula is C16H24BNO3. The quantitative estimate of drug-likeness (QED) is 0.782. The molecule has 0 spiro atoms. The topological polar surface area (TPSA) is 38.8 Å². The SMILES string of the molecule is Cc1cc(B2OC(C)(C)C(C)(C)O2)ccc1C(=O)N(C)C. The van der Waals surface area contributed by atoms with E-state index >= 15 is 0 Å². The van der Waals surface area contributed by atoms with Gasteiger partial charge in [0.05, 0.1) is 11.2 Å². The van der Waals surface area contributed by atoms with E-state index in [0.29, 0.717) is 5.56 Å². The predicted octanol–water partition coefficient (Wildman–Crippen LogP) is 2.00. The summed E-state index contributed by atoms with van der Waals surface area (Å²) in [6.45, 7) is 10.1. The van der Waals surface area contributed by atoms with Crippen LogP contribution in [-0.2, 0) is 9.31 Å². The minimum Gasteiger partial charge on any atom is -0.399 e. The molecule has 1 heterocycles. The zero-order valence-electron chi connectivity index (χ0n) is 14.0. The summed E-state index contributed by atoms with van der Waals surface area (Å²) >= 11 is 0. The highest BCUT2D eigenvalue weighted by atomic mass is 16.7. The maximum absolute atomic E-state index is 12.1. The Balaban J connectivity index is 2.28. The van der Waals surface area contributed by atoms with Crippen LogP contribution in [0, 0.1) is 6.92 Å². The third-order valence-corrected chi connectivity index (χ3v) is 4.41. The summed E-state index contributed by atoms with van der Waals surface area (Å²) in [7, 11) is 3.12. The number of carbonyl (C=O) groups is 1. The molecule has 0 aromatic heterocycles. The van der Waals surface area contributed by atoms with Gasteiger partial charge in [-0.15, -0.1) is 0 Å². The molecule has 114 valence electrons. The fraction of sp³-hybridized carbons (Fsp3) is 0.562. The first-order valence-corrected chi connectivity index (χ1v) is 7.23.